The van der Waals surface area contributed by atoms with Gasteiger partial charge in [0.25, 0.3) is 5.95 Å². The monoisotopic (exact) mass is 263 g/mol. The van der Waals surface area contributed by atoms with Gasteiger partial charge in [-0.2, -0.15) is 20.1 Å². The lowest BCUT2D eigenvalue weighted by atomic mass is 10.4. The number of rotatable bonds is 5. The molecular formula is C11H17N7O. The van der Waals surface area contributed by atoms with Gasteiger partial charge in [0.05, 0.1) is 6.10 Å². The van der Waals surface area contributed by atoms with Crippen molar-refractivity contribution in [2.45, 2.75) is 13.0 Å². The van der Waals surface area contributed by atoms with Crippen LogP contribution < -0.4 is 10.2 Å². The van der Waals surface area contributed by atoms with Crippen molar-refractivity contribution in [2.24, 2.45) is 0 Å². The zero-order chi connectivity index (χ0) is 13.8. The molecule has 1 unspecified atom stereocenters. The Morgan fingerprint density at radius 2 is 2.21 bits per heavy atom. The number of likely N-dealkylation sites (N-methyl/N-ethyl adjacent to an activating group) is 1. The van der Waals surface area contributed by atoms with Crippen molar-refractivity contribution >= 4 is 11.9 Å². The zero-order valence-electron chi connectivity index (χ0n) is 11.1. The highest BCUT2D eigenvalue weighted by molar-refractivity contribution is 5.39. The van der Waals surface area contributed by atoms with Crippen molar-refractivity contribution in [3.8, 4) is 5.95 Å². The molecule has 2 heterocycles. The number of hydrogen-bond donors (Lipinski definition) is 2. The second-order valence-corrected chi connectivity index (χ2v) is 4.19. The third kappa shape index (κ3) is 3.16. The maximum atomic E-state index is 9.42. The van der Waals surface area contributed by atoms with Crippen LogP contribution in [0.2, 0.25) is 0 Å². The smallest absolute Gasteiger partial charge is 0.257 e. The van der Waals surface area contributed by atoms with Crippen LogP contribution in [0.1, 0.15) is 6.92 Å². The van der Waals surface area contributed by atoms with E-state index in [1.165, 1.54) is 0 Å². The second-order valence-electron chi connectivity index (χ2n) is 4.19. The topological polar surface area (TPSA) is 92.0 Å². The Kier molecular flexibility index (Phi) is 3.91. The molecule has 0 aliphatic rings. The molecule has 1 atom stereocenters. The van der Waals surface area contributed by atoms with Crippen LogP contribution in [0.25, 0.3) is 5.95 Å². The summed E-state index contributed by atoms with van der Waals surface area (Å²) in [5.41, 5.74) is 0. The largest absolute Gasteiger partial charge is 0.392 e. The van der Waals surface area contributed by atoms with Gasteiger partial charge in [-0.25, -0.2) is 4.68 Å². The lowest BCUT2D eigenvalue weighted by Gasteiger charge is -2.19. The Balaban J connectivity index is 2.36. The van der Waals surface area contributed by atoms with Crippen molar-refractivity contribution < 1.29 is 5.11 Å². The molecule has 0 saturated carbocycles. The summed E-state index contributed by atoms with van der Waals surface area (Å²) < 4.78 is 1.56. The molecule has 0 saturated heterocycles. The fourth-order valence-electron chi connectivity index (χ4n) is 1.60. The standard InChI is InChI=1S/C11H17N7O/c1-8(19)7-17(3)10-14-9(12-2)15-11(16-10)18-6-4-5-13-18/h4-6,8,19H,7H2,1-3H3,(H,12,14,15,16). The zero-order valence-corrected chi connectivity index (χ0v) is 11.1. The van der Waals surface area contributed by atoms with Crippen LogP contribution in [0, 0.1) is 0 Å². The summed E-state index contributed by atoms with van der Waals surface area (Å²) in [6, 6.07) is 1.79. The maximum Gasteiger partial charge on any atom is 0.257 e. The molecule has 8 heteroatoms. The first-order valence-corrected chi connectivity index (χ1v) is 5.93. The molecule has 2 N–H and O–H groups in total. The first-order chi connectivity index (χ1) is 9.10. The van der Waals surface area contributed by atoms with E-state index in [2.05, 4.69) is 25.4 Å². The van der Waals surface area contributed by atoms with Gasteiger partial charge in [-0.15, -0.1) is 0 Å². The molecule has 0 aliphatic heterocycles. The number of nitrogens with zero attached hydrogens (tertiary/aromatic N) is 6. The second kappa shape index (κ2) is 5.61. The predicted molar refractivity (Wildman–Crippen MR) is 71.4 cm³/mol. The molecule has 2 aromatic heterocycles. The van der Waals surface area contributed by atoms with E-state index < -0.39 is 6.10 Å². The van der Waals surface area contributed by atoms with Crippen LogP contribution in [0.3, 0.4) is 0 Å². The number of anilines is 2. The van der Waals surface area contributed by atoms with E-state index in [0.717, 1.165) is 0 Å². The summed E-state index contributed by atoms with van der Waals surface area (Å²) in [5.74, 6) is 1.36. The van der Waals surface area contributed by atoms with Crippen LogP contribution in [-0.4, -0.2) is 56.6 Å². The summed E-state index contributed by atoms with van der Waals surface area (Å²) in [6.07, 6.45) is 2.95. The molecule has 0 fully saturated rings. The van der Waals surface area contributed by atoms with E-state index in [0.29, 0.717) is 24.4 Å². The van der Waals surface area contributed by atoms with Crippen LogP contribution in [-0.2, 0) is 0 Å². The first kappa shape index (κ1) is 13.2. The summed E-state index contributed by atoms with van der Waals surface area (Å²) in [6.45, 7) is 2.15. The molecule has 0 aromatic carbocycles. The Morgan fingerprint density at radius 3 is 2.79 bits per heavy atom. The first-order valence-electron chi connectivity index (χ1n) is 5.93. The average molecular weight is 263 g/mol. The minimum Gasteiger partial charge on any atom is -0.392 e. The van der Waals surface area contributed by atoms with E-state index in [1.807, 2.05) is 7.05 Å². The molecule has 102 valence electrons. The molecule has 2 rings (SSSR count). The van der Waals surface area contributed by atoms with Crippen molar-refractivity contribution in [1.82, 2.24) is 24.7 Å². The van der Waals surface area contributed by atoms with Gasteiger partial charge < -0.3 is 15.3 Å². The number of aliphatic hydroxyl groups is 1. The van der Waals surface area contributed by atoms with Gasteiger partial charge >= 0.3 is 0 Å². The summed E-state index contributed by atoms with van der Waals surface area (Å²) >= 11 is 0. The highest BCUT2D eigenvalue weighted by Gasteiger charge is 2.12. The van der Waals surface area contributed by atoms with Crippen molar-refractivity contribution in [3.63, 3.8) is 0 Å². The van der Waals surface area contributed by atoms with E-state index in [1.54, 1.807) is 42.0 Å². The van der Waals surface area contributed by atoms with E-state index in [9.17, 15) is 5.11 Å². The minimum atomic E-state index is -0.465. The molecule has 8 nitrogen and oxygen atoms in total. The normalized spacial score (nSPS) is 12.2. The van der Waals surface area contributed by atoms with Crippen molar-refractivity contribution in [1.29, 1.82) is 0 Å². The van der Waals surface area contributed by atoms with Gasteiger partial charge in [0, 0.05) is 33.0 Å². The quantitative estimate of drug-likeness (QED) is 0.779. The van der Waals surface area contributed by atoms with E-state index >= 15 is 0 Å². The Bertz CT molecular complexity index is 526. The Labute approximate surface area is 111 Å². The fraction of sp³-hybridized carbons (Fsp3) is 0.455. The molecular weight excluding hydrogens is 246 g/mol. The lowest BCUT2D eigenvalue weighted by molar-refractivity contribution is 0.201. The summed E-state index contributed by atoms with van der Waals surface area (Å²) in [7, 11) is 3.55. The van der Waals surface area contributed by atoms with Crippen LogP contribution in [0.15, 0.2) is 18.5 Å². The average Bonchev–Trinajstić information content (AvgIpc) is 2.91. The molecule has 0 bridgehead atoms. The van der Waals surface area contributed by atoms with Crippen LogP contribution >= 0.6 is 0 Å². The van der Waals surface area contributed by atoms with Crippen molar-refractivity contribution in [2.75, 3.05) is 30.9 Å². The third-order valence-corrected chi connectivity index (χ3v) is 2.42. The maximum absolute atomic E-state index is 9.42. The highest BCUT2D eigenvalue weighted by atomic mass is 16.3. The number of hydrogen-bond acceptors (Lipinski definition) is 7. The SMILES string of the molecule is CNc1nc(N(C)CC(C)O)nc(-n2cccn2)n1. The number of aliphatic hydroxyl groups excluding tert-OH is 1. The number of nitrogens with one attached hydrogen (secondary N) is 1. The number of aromatic nitrogens is 5. The molecule has 0 amide bonds. The van der Waals surface area contributed by atoms with E-state index in [4.69, 9.17) is 0 Å². The van der Waals surface area contributed by atoms with Gasteiger partial charge in [-0.05, 0) is 13.0 Å². The van der Waals surface area contributed by atoms with Gasteiger partial charge in [0.2, 0.25) is 11.9 Å². The Morgan fingerprint density at radius 1 is 1.42 bits per heavy atom. The lowest BCUT2D eigenvalue weighted by Crippen LogP contribution is -2.29. The minimum absolute atomic E-state index is 0.428. The van der Waals surface area contributed by atoms with Gasteiger partial charge in [-0.1, -0.05) is 0 Å². The fourth-order valence-corrected chi connectivity index (χ4v) is 1.60. The van der Waals surface area contributed by atoms with Gasteiger partial charge in [0.1, 0.15) is 0 Å². The Hall–Kier alpha value is -2.22. The van der Waals surface area contributed by atoms with Crippen molar-refractivity contribution in [3.05, 3.63) is 18.5 Å². The highest BCUT2D eigenvalue weighted by Crippen LogP contribution is 2.11. The predicted octanol–water partition coefficient (Wildman–Crippen LogP) is -0.0840. The van der Waals surface area contributed by atoms with Gasteiger partial charge in [-0.3, -0.25) is 0 Å². The molecule has 19 heavy (non-hydrogen) atoms. The molecule has 0 spiro atoms. The van der Waals surface area contributed by atoms with Crippen LogP contribution in [0.4, 0.5) is 11.9 Å². The molecule has 0 radical (unpaired) electrons. The molecule has 0 aliphatic carbocycles. The summed E-state index contributed by atoms with van der Waals surface area (Å²) in [5, 5.41) is 16.4. The summed E-state index contributed by atoms with van der Waals surface area (Å²) in [4.78, 5) is 14.6. The molecule has 2 aromatic rings. The third-order valence-electron chi connectivity index (χ3n) is 2.42. The van der Waals surface area contributed by atoms with Crippen LogP contribution in [0.5, 0.6) is 0 Å². The van der Waals surface area contributed by atoms with E-state index in [-0.39, 0.29) is 0 Å². The van der Waals surface area contributed by atoms with Gasteiger partial charge in [0.15, 0.2) is 0 Å².